The van der Waals surface area contributed by atoms with Crippen LogP contribution in [0.1, 0.15) is 21.6 Å². The number of rotatable bonds is 6. The van der Waals surface area contributed by atoms with Crippen LogP contribution >= 0.6 is 0 Å². The Labute approximate surface area is 215 Å². The number of alkyl halides is 3. The molecule has 2 aromatic carbocycles. The molecule has 0 aliphatic heterocycles. The molecule has 0 bridgehead atoms. The lowest BCUT2D eigenvalue weighted by Gasteiger charge is -2.18. The van der Waals surface area contributed by atoms with Gasteiger partial charge in [-0.2, -0.15) is 13.2 Å². The number of amides is 1. The van der Waals surface area contributed by atoms with Gasteiger partial charge in [0.2, 0.25) is 11.9 Å². The van der Waals surface area contributed by atoms with Gasteiger partial charge in [-0.1, -0.05) is 6.07 Å². The SMILES string of the molecule is Cc1cn(-c2cc(-c3c(Nc4nccc(-c5cccnc5)n4)cccc3C(N)=O)cc(C(F)(F)F)c2)cn1. The normalized spacial score (nSPS) is 11.4. The molecule has 8 nitrogen and oxygen atoms in total. The lowest BCUT2D eigenvalue weighted by molar-refractivity contribution is -0.137. The molecule has 0 aliphatic rings. The van der Waals surface area contributed by atoms with E-state index < -0.39 is 17.6 Å². The van der Waals surface area contributed by atoms with Crippen molar-refractivity contribution in [3.05, 3.63) is 103 Å². The Morgan fingerprint density at radius 2 is 1.84 bits per heavy atom. The van der Waals surface area contributed by atoms with Gasteiger partial charge in [-0.05, 0) is 61.0 Å². The van der Waals surface area contributed by atoms with Crippen LogP contribution in [0.2, 0.25) is 0 Å². The molecule has 3 N–H and O–H groups in total. The first-order valence-corrected chi connectivity index (χ1v) is 11.4. The first-order valence-electron chi connectivity index (χ1n) is 11.4. The minimum atomic E-state index is -4.64. The highest BCUT2D eigenvalue weighted by atomic mass is 19.4. The average Bonchev–Trinajstić information content (AvgIpc) is 3.35. The van der Waals surface area contributed by atoms with Gasteiger partial charge >= 0.3 is 6.18 Å². The van der Waals surface area contributed by atoms with E-state index in [2.05, 4.69) is 25.3 Å². The number of benzene rings is 2. The lowest BCUT2D eigenvalue weighted by atomic mass is 9.95. The zero-order chi connectivity index (χ0) is 26.9. The summed E-state index contributed by atoms with van der Waals surface area (Å²) in [5.41, 5.74) is 7.59. The summed E-state index contributed by atoms with van der Waals surface area (Å²) in [6, 6.07) is 13.5. The number of nitrogens with one attached hydrogen (secondary N) is 1. The second kappa shape index (κ2) is 9.77. The Hall–Kier alpha value is -5.06. The van der Waals surface area contributed by atoms with Crippen LogP contribution in [0.15, 0.2) is 85.7 Å². The van der Waals surface area contributed by atoms with E-state index in [4.69, 9.17) is 5.73 Å². The molecule has 0 spiro atoms. The van der Waals surface area contributed by atoms with E-state index in [1.807, 2.05) is 6.07 Å². The number of halogens is 3. The van der Waals surface area contributed by atoms with Gasteiger partial charge < -0.3 is 15.6 Å². The fourth-order valence-electron chi connectivity index (χ4n) is 4.02. The van der Waals surface area contributed by atoms with Crippen LogP contribution in [0.5, 0.6) is 0 Å². The second-order valence-electron chi connectivity index (χ2n) is 8.41. The quantitative estimate of drug-likeness (QED) is 0.306. The van der Waals surface area contributed by atoms with Crippen molar-refractivity contribution in [2.24, 2.45) is 5.73 Å². The average molecular weight is 515 g/mol. The highest BCUT2D eigenvalue weighted by Gasteiger charge is 2.32. The van der Waals surface area contributed by atoms with Crippen molar-refractivity contribution >= 4 is 17.5 Å². The number of pyridine rings is 1. The number of aromatic nitrogens is 5. The van der Waals surface area contributed by atoms with Crippen molar-refractivity contribution in [3.8, 4) is 28.1 Å². The number of hydrogen-bond donors (Lipinski definition) is 2. The van der Waals surface area contributed by atoms with Gasteiger partial charge in [0.1, 0.15) is 0 Å². The largest absolute Gasteiger partial charge is 0.416 e. The molecule has 38 heavy (non-hydrogen) atoms. The van der Waals surface area contributed by atoms with Crippen LogP contribution in [0.3, 0.4) is 0 Å². The van der Waals surface area contributed by atoms with E-state index in [1.165, 1.54) is 23.0 Å². The van der Waals surface area contributed by atoms with E-state index in [-0.39, 0.29) is 28.3 Å². The summed E-state index contributed by atoms with van der Waals surface area (Å²) in [4.78, 5) is 29.3. The van der Waals surface area contributed by atoms with Crippen molar-refractivity contribution in [2.45, 2.75) is 13.1 Å². The van der Waals surface area contributed by atoms with Crippen LogP contribution in [0, 0.1) is 6.92 Å². The standard InChI is InChI=1S/C27H20F3N7O/c1-16-14-37(15-34-16)20-11-18(10-19(12-20)27(28,29)30)24-21(25(31)38)5-2-6-23(24)36-26-33-9-7-22(35-26)17-4-3-8-32-13-17/h2-15H,1H3,(H2,31,38)(H,33,35,36). The van der Waals surface area contributed by atoms with Crippen molar-refractivity contribution in [1.29, 1.82) is 0 Å². The van der Waals surface area contributed by atoms with E-state index in [1.54, 1.807) is 56.0 Å². The molecule has 5 aromatic rings. The predicted octanol–water partition coefficient (Wildman–Crippen LogP) is 5.56. The van der Waals surface area contributed by atoms with Gasteiger partial charge in [-0.3, -0.25) is 9.78 Å². The number of anilines is 2. The summed E-state index contributed by atoms with van der Waals surface area (Å²) in [5.74, 6) is -0.627. The topological polar surface area (TPSA) is 112 Å². The Morgan fingerprint density at radius 1 is 1.00 bits per heavy atom. The monoisotopic (exact) mass is 515 g/mol. The summed E-state index contributed by atoms with van der Waals surface area (Å²) in [6.45, 7) is 1.73. The summed E-state index contributed by atoms with van der Waals surface area (Å²) in [7, 11) is 0. The number of nitrogens with two attached hydrogens (primary N) is 1. The maximum absolute atomic E-state index is 13.9. The molecule has 3 aromatic heterocycles. The van der Waals surface area contributed by atoms with Crippen molar-refractivity contribution < 1.29 is 18.0 Å². The maximum Gasteiger partial charge on any atom is 0.416 e. The molecule has 0 unspecified atom stereocenters. The lowest BCUT2D eigenvalue weighted by Crippen LogP contribution is -2.14. The molecule has 0 fully saturated rings. The van der Waals surface area contributed by atoms with Gasteiger partial charge in [0, 0.05) is 52.9 Å². The third kappa shape index (κ3) is 5.07. The number of imidazole rings is 1. The van der Waals surface area contributed by atoms with Crippen LogP contribution in [0.25, 0.3) is 28.1 Å². The summed E-state index contributed by atoms with van der Waals surface area (Å²) in [5, 5.41) is 3.05. The van der Waals surface area contributed by atoms with Crippen molar-refractivity contribution in [3.63, 3.8) is 0 Å². The molecular weight excluding hydrogens is 495 g/mol. The molecule has 3 heterocycles. The molecule has 0 aliphatic carbocycles. The number of primary amides is 1. The highest BCUT2D eigenvalue weighted by molar-refractivity contribution is 6.03. The van der Waals surface area contributed by atoms with Crippen LogP contribution in [-0.2, 0) is 6.18 Å². The first kappa shape index (κ1) is 24.6. The van der Waals surface area contributed by atoms with Gasteiger partial charge in [0.05, 0.1) is 23.3 Å². The number of aryl methyl sites for hydroxylation is 1. The van der Waals surface area contributed by atoms with Gasteiger partial charge in [-0.15, -0.1) is 0 Å². The fraction of sp³-hybridized carbons (Fsp3) is 0.0741. The van der Waals surface area contributed by atoms with Gasteiger partial charge in [-0.25, -0.2) is 15.0 Å². The Morgan fingerprint density at radius 3 is 2.53 bits per heavy atom. The van der Waals surface area contributed by atoms with Crippen molar-refractivity contribution in [1.82, 2.24) is 24.5 Å². The number of nitrogens with zero attached hydrogens (tertiary/aromatic N) is 5. The number of carbonyl (C=O) groups is 1. The molecule has 0 saturated heterocycles. The van der Waals surface area contributed by atoms with E-state index in [0.29, 0.717) is 17.1 Å². The molecular formula is C27H20F3N7O. The first-order chi connectivity index (χ1) is 18.2. The minimum Gasteiger partial charge on any atom is -0.366 e. The molecule has 11 heteroatoms. The van der Waals surface area contributed by atoms with Gasteiger partial charge in [0.15, 0.2) is 0 Å². The highest BCUT2D eigenvalue weighted by Crippen LogP contribution is 2.39. The number of hydrogen-bond acceptors (Lipinski definition) is 6. The molecule has 0 radical (unpaired) electrons. The maximum atomic E-state index is 13.9. The Bertz CT molecular complexity index is 1630. The third-order valence-corrected chi connectivity index (χ3v) is 5.73. The Balaban J connectivity index is 1.67. The summed E-state index contributed by atoms with van der Waals surface area (Å²) >= 11 is 0. The third-order valence-electron chi connectivity index (χ3n) is 5.73. The second-order valence-corrected chi connectivity index (χ2v) is 8.41. The van der Waals surface area contributed by atoms with E-state index in [9.17, 15) is 18.0 Å². The summed E-state index contributed by atoms with van der Waals surface area (Å²) in [6.07, 6.45) is 3.21. The predicted molar refractivity (Wildman–Crippen MR) is 136 cm³/mol. The zero-order valence-corrected chi connectivity index (χ0v) is 19.9. The van der Waals surface area contributed by atoms with Crippen molar-refractivity contribution in [2.75, 3.05) is 5.32 Å². The van der Waals surface area contributed by atoms with E-state index >= 15 is 0 Å². The van der Waals surface area contributed by atoms with Crippen LogP contribution in [0.4, 0.5) is 24.8 Å². The smallest absolute Gasteiger partial charge is 0.366 e. The fourth-order valence-corrected chi connectivity index (χ4v) is 4.02. The molecule has 190 valence electrons. The van der Waals surface area contributed by atoms with Crippen LogP contribution < -0.4 is 11.1 Å². The molecule has 0 atom stereocenters. The van der Waals surface area contributed by atoms with Gasteiger partial charge in [0.25, 0.3) is 0 Å². The summed E-state index contributed by atoms with van der Waals surface area (Å²) < 4.78 is 43.3. The number of carbonyl (C=O) groups excluding carboxylic acids is 1. The molecule has 5 rings (SSSR count). The zero-order valence-electron chi connectivity index (χ0n) is 19.9. The Kier molecular flexibility index (Phi) is 6.33. The minimum absolute atomic E-state index is 0.0329. The molecule has 1 amide bonds. The van der Waals surface area contributed by atoms with E-state index in [0.717, 1.165) is 17.7 Å². The molecule has 0 saturated carbocycles. The van der Waals surface area contributed by atoms with Crippen LogP contribution in [-0.4, -0.2) is 30.4 Å².